The highest BCUT2D eigenvalue weighted by molar-refractivity contribution is 6.26. The smallest absolute Gasteiger partial charge is 0.231 e. The molecule has 6 rings (SSSR count). The van der Waals surface area contributed by atoms with Crippen molar-refractivity contribution in [3.63, 3.8) is 0 Å². The number of hydrogen-bond acceptors (Lipinski definition) is 0. The fourth-order valence-corrected chi connectivity index (χ4v) is 5.66. The summed E-state index contributed by atoms with van der Waals surface area (Å²) in [5, 5.41) is 6.07. The molecule has 3 heterocycles. The van der Waals surface area contributed by atoms with Crippen molar-refractivity contribution < 1.29 is 4.57 Å². The quantitative estimate of drug-likeness (QED) is 0.117. The average Bonchev–Trinajstić information content (AvgIpc) is 3.13. The normalized spacial score (nSPS) is 12.3. The Kier molecular flexibility index (Phi) is 4.02. The maximum atomic E-state index is 7.64. The summed E-state index contributed by atoms with van der Waals surface area (Å²) in [5.41, 5.74) is 8.54. The Balaban J connectivity index is 1.96. The number of nitrogens with zero attached hydrogens (tertiary/aromatic N) is 4. The molecular formula is C30H25N4+. The van der Waals surface area contributed by atoms with Crippen molar-refractivity contribution in [3.05, 3.63) is 88.2 Å². The van der Waals surface area contributed by atoms with E-state index in [-0.39, 0.29) is 0 Å². The predicted octanol–water partition coefficient (Wildman–Crippen LogP) is 7.22. The lowest BCUT2D eigenvalue weighted by Gasteiger charge is -2.16. The lowest BCUT2D eigenvalue weighted by atomic mass is 9.92. The van der Waals surface area contributed by atoms with Gasteiger partial charge in [0.2, 0.25) is 11.1 Å². The molecule has 0 aliphatic rings. The van der Waals surface area contributed by atoms with E-state index < -0.39 is 5.54 Å². The van der Waals surface area contributed by atoms with Gasteiger partial charge in [0.15, 0.2) is 11.9 Å². The zero-order chi connectivity index (χ0) is 23.9. The number of fused-ring (bicyclic) bond motifs is 5. The van der Waals surface area contributed by atoms with Gasteiger partial charge in [0.05, 0.1) is 34.8 Å². The number of pyridine rings is 2. The van der Waals surface area contributed by atoms with Crippen LogP contribution in [0, 0.1) is 27.0 Å². The summed E-state index contributed by atoms with van der Waals surface area (Å²) >= 11 is 0. The van der Waals surface area contributed by atoms with E-state index in [9.17, 15) is 0 Å². The second-order valence-corrected chi connectivity index (χ2v) is 10.2. The van der Waals surface area contributed by atoms with Crippen LogP contribution in [0.25, 0.3) is 58.7 Å². The molecular weight excluding hydrogens is 416 g/mol. The van der Waals surface area contributed by atoms with Crippen LogP contribution in [0.3, 0.4) is 0 Å². The molecule has 0 amide bonds. The summed E-state index contributed by atoms with van der Waals surface area (Å²) < 4.78 is 4.60. The van der Waals surface area contributed by atoms with Crippen molar-refractivity contribution in [2.24, 2.45) is 7.05 Å². The van der Waals surface area contributed by atoms with Crippen LogP contribution in [-0.2, 0) is 13.5 Å². The predicted molar refractivity (Wildman–Crippen MR) is 140 cm³/mol. The van der Waals surface area contributed by atoms with E-state index in [0.29, 0.717) is 12.1 Å². The third-order valence-corrected chi connectivity index (χ3v) is 7.38. The molecule has 6 aromatic rings. The minimum Gasteiger partial charge on any atom is -0.311 e. The van der Waals surface area contributed by atoms with E-state index in [1.54, 1.807) is 0 Å². The third-order valence-electron chi connectivity index (χ3n) is 7.38. The van der Waals surface area contributed by atoms with Crippen LogP contribution in [0.2, 0.25) is 0 Å². The maximum absolute atomic E-state index is 7.64. The van der Waals surface area contributed by atoms with E-state index >= 15 is 0 Å². The van der Waals surface area contributed by atoms with Gasteiger partial charge in [-0.1, -0.05) is 18.2 Å². The molecule has 3 aromatic heterocycles. The molecule has 4 heteroatoms. The van der Waals surface area contributed by atoms with Crippen LogP contribution >= 0.6 is 0 Å². The summed E-state index contributed by atoms with van der Waals surface area (Å²) in [4.78, 5) is 7.59. The highest BCUT2D eigenvalue weighted by atomic mass is 15.0. The van der Waals surface area contributed by atoms with Crippen molar-refractivity contribution in [1.82, 2.24) is 4.40 Å². The molecule has 0 saturated heterocycles. The first kappa shape index (κ1) is 20.5. The molecule has 0 N–H and O–H groups in total. The van der Waals surface area contributed by atoms with E-state index in [1.807, 2.05) is 26.0 Å². The van der Waals surface area contributed by atoms with Crippen LogP contribution in [-0.4, -0.2) is 9.94 Å². The van der Waals surface area contributed by atoms with E-state index in [1.165, 1.54) is 49.1 Å². The van der Waals surface area contributed by atoms with Gasteiger partial charge in [-0.3, -0.25) is 0 Å². The Morgan fingerprint density at radius 1 is 0.941 bits per heavy atom. The zero-order valence-corrected chi connectivity index (χ0v) is 20.1. The second kappa shape index (κ2) is 6.69. The monoisotopic (exact) mass is 441 g/mol. The Bertz CT molecular complexity index is 1910. The van der Waals surface area contributed by atoms with Gasteiger partial charge in [0.1, 0.15) is 7.05 Å². The van der Waals surface area contributed by atoms with Gasteiger partial charge in [-0.15, -0.1) is 0 Å². The summed E-state index contributed by atoms with van der Waals surface area (Å²) in [6.45, 7) is 23.6. The van der Waals surface area contributed by atoms with Crippen LogP contribution in [0.4, 0.5) is 5.69 Å². The summed E-state index contributed by atoms with van der Waals surface area (Å²) in [7, 11) is 2.12. The lowest BCUT2D eigenvalue weighted by molar-refractivity contribution is -0.643. The van der Waals surface area contributed by atoms with Gasteiger partial charge in [-0.2, -0.15) is 0 Å². The first-order valence-corrected chi connectivity index (χ1v) is 11.5. The fourth-order valence-electron chi connectivity index (χ4n) is 5.66. The number of rotatable bonds is 2. The first-order valence-electron chi connectivity index (χ1n) is 11.5. The summed E-state index contributed by atoms with van der Waals surface area (Å²) in [6.07, 6.45) is 2.83. The van der Waals surface area contributed by atoms with Crippen molar-refractivity contribution in [1.29, 1.82) is 0 Å². The van der Waals surface area contributed by atoms with Gasteiger partial charge in [-0.25, -0.2) is 16.0 Å². The molecule has 0 spiro atoms. The SMILES string of the molecule is [C-]#[N+]c1ccc2c3cc(C)c(C)c4c3n(c2c1)c1cc(CC(C)(C)[N+]#[C-])cc2cc[n+](C)c4c21. The molecule has 0 radical (unpaired) electrons. The van der Waals surface area contributed by atoms with E-state index in [2.05, 4.69) is 76.1 Å². The number of hydrogen-bond donors (Lipinski definition) is 0. The minimum atomic E-state index is -0.464. The number of aromatic nitrogens is 2. The molecule has 0 bridgehead atoms. The minimum absolute atomic E-state index is 0.464. The topological polar surface area (TPSA) is 17.0 Å². The second-order valence-electron chi connectivity index (χ2n) is 10.2. The summed E-state index contributed by atoms with van der Waals surface area (Å²) in [6, 6.07) is 15.0. The zero-order valence-electron chi connectivity index (χ0n) is 20.1. The Labute approximate surface area is 198 Å². The number of benzene rings is 3. The molecule has 0 saturated carbocycles. The lowest BCUT2D eigenvalue weighted by Crippen LogP contribution is -2.29. The highest BCUT2D eigenvalue weighted by Crippen LogP contribution is 2.42. The van der Waals surface area contributed by atoms with Crippen LogP contribution in [0.5, 0.6) is 0 Å². The van der Waals surface area contributed by atoms with Crippen LogP contribution < -0.4 is 4.57 Å². The molecule has 3 aromatic carbocycles. The molecule has 0 fully saturated rings. The molecule has 4 nitrogen and oxygen atoms in total. The Hall–Kier alpha value is -4.15. The Morgan fingerprint density at radius 3 is 2.47 bits per heavy atom. The van der Waals surface area contributed by atoms with Crippen molar-refractivity contribution in [3.8, 4) is 0 Å². The largest absolute Gasteiger partial charge is 0.311 e. The van der Waals surface area contributed by atoms with Gasteiger partial charge in [0, 0.05) is 36.2 Å². The maximum Gasteiger partial charge on any atom is 0.231 e. The highest BCUT2D eigenvalue weighted by Gasteiger charge is 2.27. The van der Waals surface area contributed by atoms with Gasteiger partial charge < -0.3 is 9.25 Å². The van der Waals surface area contributed by atoms with Gasteiger partial charge >= 0.3 is 0 Å². The van der Waals surface area contributed by atoms with E-state index in [4.69, 9.17) is 13.1 Å². The molecule has 164 valence electrons. The number of aryl methyl sites for hydroxylation is 3. The van der Waals surface area contributed by atoms with Crippen molar-refractivity contribution in [2.45, 2.75) is 39.7 Å². The average molecular weight is 442 g/mol. The van der Waals surface area contributed by atoms with Gasteiger partial charge in [0.25, 0.3) is 0 Å². The van der Waals surface area contributed by atoms with Crippen LogP contribution in [0.15, 0.2) is 48.7 Å². The van der Waals surface area contributed by atoms with Crippen molar-refractivity contribution >= 4 is 54.7 Å². The van der Waals surface area contributed by atoms with Gasteiger partial charge in [-0.05, 0) is 54.1 Å². The van der Waals surface area contributed by atoms with Crippen molar-refractivity contribution in [2.75, 3.05) is 0 Å². The first-order chi connectivity index (χ1) is 16.2. The van der Waals surface area contributed by atoms with E-state index in [0.717, 1.165) is 16.6 Å². The molecule has 0 atom stereocenters. The fraction of sp³-hybridized carbons (Fsp3) is 0.233. The molecule has 0 unspecified atom stereocenters. The molecule has 0 aliphatic heterocycles. The summed E-state index contributed by atoms with van der Waals surface area (Å²) in [5.74, 6) is 0. The standard InChI is InChI=1S/C30H25N4/c1-17-12-23-22-9-8-21(31-5)15-24(22)34-25-14-19(16-30(3,4)32-6)13-20-10-11-33(7)29(27(20)25)26(18(17)2)28(23)34/h8-15H,16H2,1-4,7H3/q+1. The Morgan fingerprint density at radius 2 is 1.74 bits per heavy atom. The molecule has 34 heavy (non-hydrogen) atoms. The third kappa shape index (κ3) is 2.60. The van der Waals surface area contributed by atoms with Crippen LogP contribution in [0.1, 0.15) is 30.5 Å². The molecule has 0 aliphatic carbocycles.